The van der Waals surface area contributed by atoms with Crippen molar-refractivity contribution in [2.24, 2.45) is 10.1 Å². The molecule has 3 aliphatic rings. The second-order valence-corrected chi connectivity index (χ2v) is 7.92. The fraction of sp³-hybridized carbons (Fsp3) is 0.350. The van der Waals surface area contributed by atoms with Gasteiger partial charge < -0.3 is 15.8 Å². The molecule has 3 N–H and O–H groups in total. The Morgan fingerprint density at radius 2 is 2.17 bits per heavy atom. The van der Waals surface area contributed by atoms with E-state index in [4.69, 9.17) is 15.6 Å². The number of ether oxygens (including phenoxy) is 1. The molecule has 1 aromatic heterocycles. The summed E-state index contributed by atoms with van der Waals surface area (Å²) in [4.78, 5) is 17.5. The largest absolute Gasteiger partial charge is 0.496 e. The van der Waals surface area contributed by atoms with E-state index in [-0.39, 0.29) is 5.91 Å². The lowest BCUT2D eigenvalue weighted by molar-refractivity contribution is -0.119. The Balaban J connectivity index is 1.80. The Bertz CT molecular complexity index is 1140. The number of amides is 1. The van der Waals surface area contributed by atoms with E-state index in [0.29, 0.717) is 30.4 Å². The lowest BCUT2D eigenvalue weighted by atomic mass is 10.1. The summed E-state index contributed by atoms with van der Waals surface area (Å²) in [5.74, 6) is 1.74. The van der Waals surface area contributed by atoms with E-state index in [9.17, 15) is 4.79 Å². The van der Waals surface area contributed by atoms with Crippen LogP contribution in [0.15, 0.2) is 16.7 Å². The van der Waals surface area contributed by atoms with Crippen LogP contribution in [0.2, 0.25) is 0 Å². The highest BCUT2D eigenvalue weighted by atomic mass is 32.2. The SMILES string of the molecule is COc1c(C)cnc(Cn2nc3cc(CNC(C)=O)c4c-3c(n2)C(N)=NSC4)c1C. The number of aryl methyl sites for hydroxylation is 1. The first-order valence-corrected chi connectivity index (χ1v) is 10.4. The van der Waals surface area contributed by atoms with Crippen molar-refractivity contribution in [2.75, 3.05) is 7.11 Å². The van der Waals surface area contributed by atoms with Gasteiger partial charge in [-0.2, -0.15) is 19.4 Å². The summed E-state index contributed by atoms with van der Waals surface area (Å²) in [7, 11) is 1.65. The number of carbonyl (C=O) groups excluding carboxylic acids is 1. The zero-order valence-corrected chi connectivity index (χ0v) is 18.1. The summed E-state index contributed by atoms with van der Waals surface area (Å²) in [5.41, 5.74) is 13.3. The molecule has 0 saturated carbocycles. The van der Waals surface area contributed by atoms with Crippen molar-refractivity contribution >= 4 is 23.7 Å². The van der Waals surface area contributed by atoms with Crippen LogP contribution >= 0.6 is 11.9 Å². The maximum atomic E-state index is 11.4. The molecule has 9 nitrogen and oxygen atoms in total. The van der Waals surface area contributed by atoms with E-state index in [2.05, 4.69) is 19.8 Å². The first-order valence-electron chi connectivity index (χ1n) is 9.48. The third-order valence-corrected chi connectivity index (χ3v) is 5.86. The summed E-state index contributed by atoms with van der Waals surface area (Å²) in [6.45, 7) is 6.23. The average molecular weight is 426 g/mol. The summed E-state index contributed by atoms with van der Waals surface area (Å²) >= 11 is 1.37. The van der Waals surface area contributed by atoms with Gasteiger partial charge >= 0.3 is 0 Å². The average Bonchev–Trinajstić information content (AvgIpc) is 2.96. The van der Waals surface area contributed by atoms with Crippen molar-refractivity contribution < 1.29 is 9.53 Å². The van der Waals surface area contributed by atoms with Crippen LogP contribution in [0.1, 0.15) is 40.6 Å². The van der Waals surface area contributed by atoms with Crippen LogP contribution < -0.4 is 15.8 Å². The van der Waals surface area contributed by atoms with Gasteiger partial charge in [0.2, 0.25) is 5.91 Å². The zero-order chi connectivity index (χ0) is 21.4. The Labute approximate surface area is 178 Å². The number of amidine groups is 1. The molecule has 1 aromatic rings. The molecule has 2 aliphatic heterocycles. The van der Waals surface area contributed by atoms with Crippen molar-refractivity contribution in [3.8, 4) is 17.0 Å². The topological polar surface area (TPSA) is 120 Å². The maximum absolute atomic E-state index is 11.4. The molecule has 1 aliphatic carbocycles. The second kappa shape index (κ2) is 7.94. The molecule has 30 heavy (non-hydrogen) atoms. The van der Waals surface area contributed by atoms with E-state index in [0.717, 1.165) is 45.0 Å². The molecule has 156 valence electrons. The number of hydrogen-bond donors (Lipinski definition) is 2. The van der Waals surface area contributed by atoms with Gasteiger partial charge in [-0.15, -0.1) is 0 Å². The highest BCUT2D eigenvalue weighted by Crippen LogP contribution is 2.37. The molecule has 0 fully saturated rings. The normalized spacial score (nSPS) is 13.1. The number of nitrogens with one attached hydrogen (secondary N) is 1. The number of nitrogens with zero attached hydrogens (tertiary/aromatic N) is 5. The fourth-order valence-electron chi connectivity index (χ4n) is 3.66. The van der Waals surface area contributed by atoms with Crippen molar-refractivity contribution in [3.63, 3.8) is 0 Å². The van der Waals surface area contributed by atoms with Gasteiger partial charge in [-0.05, 0) is 43.0 Å². The van der Waals surface area contributed by atoms with Crippen molar-refractivity contribution in [3.05, 3.63) is 45.9 Å². The highest BCUT2D eigenvalue weighted by molar-refractivity contribution is 7.97. The van der Waals surface area contributed by atoms with E-state index in [1.165, 1.54) is 18.9 Å². The van der Waals surface area contributed by atoms with E-state index in [1.54, 1.807) is 18.1 Å². The van der Waals surface area contributed by atoms with Crippen LogP contribution in [0.5, 0.6) is 5.75 Å². The van der Waals surface area contributed by atoms with Gasteiger partial charge in [0.25, 0.3) is 0 Å². The van der Waals surface area contributed by atoms with E-state index >= 15 is 0 Å². The van der Waals surface area contributed by atoms with Crippen molar-refractivity contribution in [1.82, 2.24) is 25.3 Å². The van der Waals surface area contributed by atoms with E-state index in [1.807, 2.05) is 19.9 Å². The fourth-order valence-corrected chi connectivity index (χ4v) is 4.41. The number of carbonyl (C=O) groups is 1. The standard InChI is InChI=1S/C20H23N7O2S/c1-10-6-23-16(11(2)19(10)29-4)8-27-24-15-5-13(7-22-12(3)28)14-9-30-26-20(21)18(25-27)17(14)15/h5-6H,7-9H2,1-4H3,(H2,21,26)(H,22,28). The van der Waals surface area contributed by atoms with Crippen LogP contribution in [0.3, 0.4) is 0 Å². The minimum absolute atomic E-state index is 0.0827. The van der Waals surface area contributed by atoms with Gasteiger partial charge in [-0.1, -0.05) is 0 Å². The van der Waals surface area contributed by atoms with Crippen LogP contribution in [0.4, 0.5) is 0 Å². The molecule has 0 bridgehead atoms. The Morgan fingerprint density at radius 3 is 2.90 bits per heavy atom. The summed E-state index contributed by atoms with van der Waals surface area (Å²) in [6.07, 6.45) is 1.79. The van der Waals surface area contributed by atoms with Gasteiger partial charge in [-0.25, -0.2) is 0 Å². The molecule has 0 radical (unpaired) electrons. The monoisotopic (exact) mass is 425 g/mol. The molecule has 0 saturated heterocycles. The maximum Gasteiger partial charge on any atom is 0.217 e. The van der Waals surface area contributed by atoms with Crippen molar-refractivity contribution in [1.29, 1.82) is 0 Å². The number of aromatic nitrogens is 4. The quantitative estimate of drug-likeness (QED) is 0.600. The molecule has 3 heterocycles. The van der Waals surface area contributed by atoms with Crippen LogP contribution in [-0.2, 0) is 23.6 Å². The highest BCUT2D eigenvalue weighted by Gasteiger charge is 2.27. The molecule has 0 unspecified atom stereocenters. The van der Waals surface area contributed by atoms with Crippen molar-refractivity contribution in [2.45, 2.75) is 39.6 Å². The summed E-state index contributed by atoms with van der Waals surface area (Å²) in [6, 6.07) is 1.98. The molecule has 0 aromatic carbocycles. The molecule has 4 rings (SSSR count). The Hall–Kier alpha value is -3.14. The molecular weight excluding hydrogens is 402 g/mol. The van der Waals surface area contributed by atoms with Crippen LogP contribution in [0.25, 0.3) is 11.3 Å². The number of pyridine rings is 1. The van der Waals surface area contributed by atoms with Crippen LogP contribution in [0, 0.1) is 13.8 Å². The lowest BCUT2D eigenvalue weighted by Gasteiger charge is -2.14. The minimum atomic E-state index is -0.0827. The van der Waals surface area contributed by atoms with Crippen LogP contribution in [-0.4, -0.2) is 38.8 Å². The summed E-state index contributed by atoms with van der Waals surface area (Å²) < 4.78 is 9.87. The molecule has 1 amide bonds. The van der Waals surface area contributed by atoms with Gasteiger partial charge in [0, 0.05) is 42.1 Å². The smallest absolute Gasteiger partial charge is 0.217 e. The van der Waals surface area contributed by atoms with Gasteiger partial charge in [0.05, 0.1) is 18.5 Å². The summed E-state index contributed by atoms with van der Waals surface area (Å²) in [5, 5.41) is 12.2. The predicted octanol–water partition coefficient (Wildman–Crippen LogP) is 1.95. The third kappa shape index (κ3) is 3.58. The first kappa shape index (κ1) is 20.1. The second-order valence-electron chi connectivity index (χ2n) is 7.19. The van der Waals surface area contributed by atoms with Gasteiger partial charge in [0.1, 0.15) is 18.0 Å². The van der Waals surface area contributed by atoms with Gasteiger partial charge in [0.15, 0.2) is 5.84 Å². The zero-order valence-electron chi connectivity index (χ0n) is 17.3. The molecule has 10 heteroatoms. The molecule has 0 atom stereocenters. The number of nitrogens with two attached hydrogens (primary N) is 1. The lowest BCUT2D eigenvalue weighted by Crippen LogP contribution is -2.22. The van der Waals surface area contributed by atoms with Gasteiger partial charge in [-0.3, -0.25) is 9.78 Å². The minimum Gasteiger partial charge on any atom is -0.496 e. The first-order chi connectivity index (χ1) is 14.4. The van der Waals surface area contributed by atoms with E-state index < -0.39 is 0 Å². The number of methoxy groups -OCH3 is 1. The number of rotatable bonds is 5. The third-order valence-electron chi connectivity index (χ3n) is 5.12. The molecule has 0 spiro atoms. The number of hydrogen-bond acceptors (Lipinski definition) is 8. The Kier molecular flexibility index (Phi) is 5.33. The predicted molar refractivity (Wildman–Crippen MR) is 116 cm³/mol. The Morgan fingerprint density at radius 1 is 1.37 bits per heavy atom. The molecular formula is C20H23N7O2S.